The third-order valence-electron chi connectivity index (χ3n) is 3.94. The van der Waals surface area contributed by atoms with E-state index in [0.717, 1.165) is 10.8 Å². The number of anilines is 1. The average molecular weight is 372 g/mol. The maximum Gasteiger partial charge on any atom is 0.252 e. The summed E-state index contributed by atoms with van der Waals surface area (Å²) in [6.07, 6.45) is 0. The molecule has 3 aromatic carbocycles. The Bertz CT molecular complexity index is 1060. The van der Waals surface area contributed by atoms with Crippen LogP contribution in [0.2, 0.25) is 0 Å². The van der Waals surface area contributed by atoms with E-state index in [9.17, 15) is 9.59 Å². The third kappa shape index (κ3) is 5.36. The van der Waals surface area contributed by atoms with Crippen LogP contribution in [0.3, 0.4) is 0 Å². The van der Waals surface area contributed by atoms with Crippen molar-refractivity contribution < 1.29 is 14.3 Å². The molecule has 5 nitrogen and oxygen atoms in total. The molecule has 0 bridgehead atoms. The number of benzene rings is 3. The van der Waals surface area contributed by atoms with Crippen LogP contribution >= 0.6 is 0 Å². The quantitative estimate of drug-likeness (QED) is 0.673. The minimum Gasteiger partial charge on any atom is -0.481 e. The van der Waals surface area contributed by atoms with E-state index in [1.54, 1.807) is 30.3 Å². The molecule has 0 heterocycles. The lowest BCUT2D eigenvalue weighted by molar-refractivity contribution is -0.114. The summed E-state index contributed by atoms with van der Waals surface area (Å²) in [7, 11) is 0. The van der Waals surface area contributed by atoms with E-state index < -0.39 is 0 Å². The number of carbonyl (C=O) groups is 2. The molecule has 2 N–H and O–H groups in total. The molecule has 140 valence electrons. The molecule has 5 heteroatoms. The molecular formula is C23H20N2O3. The Morgan fingerprint density at radius 1 is 0.929 bits per heavy atom. The van der Waals surface area contributed by atoms with Gasteiger partial charge in [-0.3, -0.25) is 9.59 Å². The molecule has 28 heavy (non-hydrogen) atoms. The van der Waals surface area contributed by atoms with E-state index in [-0.39, 0.29) is 25.0 Å². The molecule has 0 spiro atoms. The van der Waals surface area contributed by atoms with Gasteiger partial charge < -0.3 is 15.4 Å². The number of ether oxygens (including phenoxy) is 1. The topological polar surface area (TPSA) is 67.4 Å². The molecular weight excluding hydrogens is 352 g/mol. The van der Waals surface area contributed by atoms with Crippen molar-refractivity contribution in [2.45, 2.75) is 6.92 Å². The number of carbonyl (C=O) groups excluding carboxylic acids is 2. The maximum atomic E-state index is 12.2. The zero-order valence-electron chi connectivity index (χ0n) is 15.5. The Hall–Kier alpha value is -3.78. The van der Waals surface area contributed by atoms with Crippen molar-refractivity contribution in [1.29, 1.82) is 0 Å². The standard InChI is InChI=1S/C23H20N2O3/c1-17(26)25-21-9-6-10-22(16-21)28-14-5-4-13-24-23(27)20-12-11-18-7-2-3-8-19(18)15-20/h2-3,6-12,15-16H,13-14H2,1H3,(H,24,27)(H,25,26). The highest BCUT2D eigenvalue weighted by Crippen LogP contribution is 2.17. The number of amides is 2. The highest BCUT2D eigenvalue weighted by Gasteiger charge is 2.04. The lowest BCUT2D eigenvalue weighted by Crippen LogP contribution is -2.23. The summed E-state index contributed by atoms with van der Waals surface area (Å²) in [6.45, 7) is 1.88. The Morgan fingerprint density at radius 2 is 1.75 bits per heavy atom. The summed E-state index contributed by atoms with van der Waals surface area (Å²) in [6, 6.07) is 20.6. The van der Waals surface area contributed by atoms with Crippen molar-refractivity contribution in [2.24, 2.45) is 0 Å². The van der Waals surface area contributed by atoms with Crippen LogP contribution in [-0.2, 0) is 4.79 Å². The molecule has 2 amide bonds. The zero-order valence-corrected chi connectivity index (χ0v) is 15.5. The van der Waals surface area contributed by atoms with Gasteiger partial charge in [-0.25, -0.2) is 0 Å². The fourth-order valence-corrected chi connectivity index (χ4v) is 2.66. The minimum atomic E-state index is -0.163. The normalized spacial score (nSPS) is 9.89. The van der Waals surface area contributed by atoms with Crippen LogP contribution in [0.5, 0.6) is 5.75 Å². The Balaban J connectivity index is 1.47. The van der Waals surface area contributed by atoms with Crippen molar-refractivity contribution in [3.05, 3.63) is 72.3 Å². The summed E-state index contributed by atoms with van der Waals surface area (Å²) >= 11 is 0. The molecule has 0 atom stereocenters. The van der Waals surface area contributed by atoms with Crippen molar-refractivity contribution in [1.82, 2.24) is 5.32 Å². The van der Waals surface area contributed by atoms with Gasteiger partial charge in [0.25, 0.3) is 5.91 Å². The second-order valence-electron chi connectivity index (χ2n) is 6.10. The van der Waals surface area contributed by atoms with Gasteiger partial charge in [0.2, 0.25) is 5.91 Å². The molecule has 3 aromatic rings. The molecule has 0 radical (unpaired) electrons. The maximum absolute atomic E-state index is 12.2. The minimum absolute atomic E-state index is 0.140. The number of rotatable bonds is 5. The summed E-state index contributed by atoms with van der Waals surface area (Å²) in [4.78, 5) is 23.3. The van der Waals surface area contributed by atoms with Crippen LogP contribution in [0, 0.1) is 11.8 Å². The van der Waals surface area contributed by atoms with Crippen molar-refractivity contribution in [2.75, 3.05) is 18.5 Å². The van der Waals surface area contributed by atoms with Crippen LogP contribution in [0.15, 0.2) is 66.7 Å². The Kier molecular flexibility index (Phi) is 6.27. The summed E-state index contributed by atoms with van der Waals surface area (Å²) in [5.74, 6) is 6.03. The molecule has 0 aliphatic rings. The second kappa shape index (κ2) is 9.24. The molecule has 0 unspecified atom stereocenters. The van der Waals surface area contributed by atoms with Crippen LogP contribution in [0.1, 0.15) is 17.3 Å². The van der Waals surface area contributed by atoms with Gasteiger partial charge in [-0.1, -0.05) is 48.2 Å². The number of hydrogen-bond acceptors (Lipinski definition) is 3. The smallest absolute Gasteiger partial charge is 0.252 e. The monoisotopic (exact) mass is 372 g/mol. The van der Waals surface area contributed by atoms with Gasteiger partial charge in [-0.15, -0.1) is 0 Å². The molecule has 0 saturated heterocycles. The first kappa shape index (κ1) is 19.0. The van der Waals surface area contributed by atoms with Gasteiger partial charge in [-0.05, 0) is 35.0 Å². The average Bonchev–Trinajstić information content (AvgIpc) is 2.70. The molecule has 0 aromatic heterocycles. The van der Waals surface area contributed by atoms with Crippen LogP contribution in [0.4, 0.5) is 5.69 Å². The van der Waals surface area contributed by atoms with E-state index in [0.29, 0.717) is 17.0 Å². The molecule has 0 saturated carbocycles. The molecule has 0 aliphatic heterocycles. The van der Waals surface area contributed by atoms with Crippen molar-refractivity contribution in [3.8, 4) is 17.6 Å². The lowest BCUT2D eigenvalue weighted by atomic mass is 10.1. The van der Waals surface area contributed by atoms with Crippen LogP contribution in [-0.4, -0.2) is 25.0 Å². The van der Waals surface area contributed by atoms with E-state index in [2.05, 4.69) is 22.5 Å². The number of hydrogen-bond donors (Lipinski definition) is 2. The van der Waals surface area contributed by atoms with Crippen molar-refractivity contribution in [3.63, 3.8) is 0 Å². The zero-order chi connectivity index (χ0) is 19.8. The van der Waals surface area contributed by atoms with E-state index >= 15 is 0 Å². The molecule has 3 rings (SSSR count). The van der Waals surface area contributed by atoms with Gasteiger partial charge in [0.15, 0.2) is 0 Å². The van der Waals surface area contributed by atoms with Gasteiger partial charge in [0.1, 0.15) is 12.4 Å². The SMILES string of the molecule is CC(=O)Nc1cccc(OCC#CCNC(=O)c2ccc3ccccc3c2)c1. The Morgan fingerprint density at radius 3 is 2.57 bits per heavy atom. The molecule has 0 fully saturated rings. The van der Waals surface area contributed by atoms with E-state index in [1.165, 1.54) is 6.92 Å². The predicted octanol–water partition coefficient (Wildman–Crippen LogP) is 3.61. The second-order valence-corrected chi connectivity index (χ2v) is 6.10. The van der Waals surface area contributed by atoms with Gasteiger partial charge in [0, 0.05) is 24.2 Å². The third-order valence-corrected chi connectivity index (χ3v) is 3.94. The highest BCUT2D eigenvalue weighted by atomic mass is 16.5. The largest absolute Gasteiger partial charge is 0.481 e. The lowest BCUT2D eigenvalue weighted by Gasteiger charge is -2.05. The fraction of sp³-hybridized carbons (Fsp3) is 0.130. The summed E-state index contributed by atoms with van der Waals surface area (Å²) < 4.78 is 5.53. The van der Waals surface area contributed by atoms with E-state index in [1.807, 2.05) is 36.4 Å². The summed E-state index contributed by atoms with van der Waals surface area (Å²) in [5, 5.41) is 7.59. The number of nitrogens with one attached hydrogen (secondary N) is 2. The van der Waals surface area contributed by atoms with Crippen molar-refractivity contribution >= 4 is 28.3 Å². The van der Waals surface area contributed by atoms with Gasteiger partial charge in [0.05, 0.1) is 6.54 Å². The first-order valence-corrected chi connectivity index (χ1v) is 8.85. The first-order valence-electron chi connectivity index (χ1n) is 8.85. The predicted molar refractivity (Wildman–Crippen MR) is 110 cm³/mol. The van der Waals surface area contributed by atoms with Gasteiger partial charge >= 0.3 is 0 Å². The van der Waals surface area contributed by atoms with E-state index in [4.69, 9.17) is 4.74 Å². The van der Waals surface area contributed by atoms with Gasteiger partial charge in [-0.2, -0.15) is 0 Å². The Labute approximate surface area is 163 Å². The fourth-order valence-electron chi connectivity index (χ4n) is 2.66. The van der Waals surface area contributed by atoms with Crippen LogP contribution < -0.4 is 15.4 Å². The van der Waals surface area contributed by atoms with Crippen LogP contribution in [0.25, 0.3) is 10.8 Å². The highest BCUT2D eigenvalue weighted by molar-refractivity contribution is 5.98. The molecule has 0 aliphatic carbocycles. The summed E-state index contributed by atoms with van der Waals surface area (Å²) in [5.41, 5.74) is 1.27. The first-order chi connectivity index (χ1) is 13.6. The number of fused-ring (bicyclic) bond motifs is 1.